The van der Waals surface area contributed by atoms with Gasteiger partial charge in [0.15, 0.2) is 0 Å². The number of hydrogen-bond donors (Lipinski definition) is 1. The van der Waals surface area contributed by atoms with Crippen LogP contribution in [0, 0.1) is 11.3 Å². The second kappa shape index (κ2) is 11.9. The number of aromatic nitrogens is 2. The van der Waals surface area contributed by atoms with Crippen LogP contribution in [0.4, 0.5) is 20.4 Å². The molecule has 0 radical (unpaired) electrons. The lowest BCUT2D eigenvalue weighted by atomic mass is 9.86. The number of nitrogens with one attached hydrogen (secondary N) is 1. The maximum atomic E-state index is 14.8. The topological polar surface area (TPSA) is 119 Å². The van der Waals surface area contributed by atoms with Crippen LogP contribution in [0.5, 0.6) is 0 Å². The van der Waals surface area contributed by atoms with Gasteiger partial charge >= 0.3 is 0 Å². The van der Waals surface area contributed by atoms with Crippen LogP contribution in [0.15, 0.2) is 60.8 Å². The van der Waals surface area contributed by atoms with Crippen LogP contribution in [-0.2, 0) is 19.8 Å². The molecule has 44 heavy (non-hydrogen) atoms. The molecule has 1 aromatic heterocycles. The Balaban J connectivity index is 1.65. The highest BCUT2D eigenvalue weighted by Crippen LogP contribution is 2.40. The lowest BCUT2D eigenvalue weighted by molar-refractivity contribution is -0.133. The van der Waals surface area contributed by atoms with E-state index in [2.05, 4.69) is 15.3 Å². The van der Waals surface area contributed by atoms with Crippen molar-refractivity contribution in [2.75, 3.05) is 9.80 Å². The molecular formula is C32H31ClF2N6O3. The Morgan fingerprint density at radius 2 is 1.89 bits per heavy atom. The fourth-order valence-corrected chi connectivity index (χ4v) is 5.76. The van der Waals surface area contributed by atoms with E-state index in [-0.39, 0.29) is 40.5 Å². The zero-order valence-electron chi connectivity index (χ0n) is 24.4. The van der Waals surface area contributed by atoms with Crippen LogP contribution in [0.2, 0.25) is 5.02 Å². The van der Waals surface area contributed by atoms with Gasteiger partial charge in [0, 0.05) is 47.8 Å². The number of nitrogens with zero attached hydrogens (tertiary/aromatic N) is 5. The summed E-state index contributed by atoms with van der Waals surface area (Å²) >= 11 is 6.62. The molecule has 0 spiro atoms. The molecule has 9 nitrogen and oxygen atoms in total. The first-order chi connectivity index (χ1) is 20.8. The van der Waals surface area contributed by atoms with Gasteiger partial charge in [-0.2, -0.15) is 5.26 Å². The molecule has 2 aliphatic rings. The Morgan fingerprint density at radius 1 is 1.16 bits per heavy atom. The van der Waals surface area contributed by atoms with Crippen LogP contribution in [-0.4, -0.2) is 45.7 Å². The molecule has 12 heteroatoms. The third-order valence-corrected chi connectivity index (χ3v) is 8.18. The van der Waals surface area contributed by atoms with E-state index in [1.807, 2.05) is 32.9 Å². The van der Waals surface area contributed by atoms with Crippen LogP contribution >= 0.6 is 11.6 Å². The van der Waals surface area contributed by atoms with Crippen molar-refractivity contribution in [1.82, 2.24) is 15.3 Å². The molecule has 1 aliphatic heterocycles. The lowest BCUT2D eigenvalue weighted by Crippen LogP contribution is -2.56. The van der Waals surface area contributed by atoms with Gasteiger partial charge in [0.25, 0.3) is 11.8 Å². The van der Waals surface area contributed by atoms with Crippen LogP contribution in [0.1, 0.15) is 69.3 Å². The van der Waals surface area contributed by atoms with Crippen molar-refractivity contribution in [2.45, 2.75) is 75.9 Å². The maximum Gasteiger partial charge on any atom is 0.252 e. The minimum absolute atomic E-state index is 0.00648. The van der Waals surface area contributed by atoms with E-state index in [1.165, 1.54) is 17.2 Å². The van der Waals surface area contributed by atoms with Crippen molar-refractivity contribution in [3.05, 3.63) is 82.6 Å². The van der Waals surface area contributed by atoms with E-state index in [1.54, 1.807) is 42.5 Å². The first-order valence-corrected chi connectivity index (χ1v) is 14.6. The first kappa shape index (κ1) is 31.0. The number of carbonyl (C=O) groups excluding carboxylic acids is 3. The summed E-state index contributed by atoms with van der Waals surface area (Å²) in [5.41, 5.74) is 1.19. The molecule has 1 unspecified atom stereocenters. The highest BCUT2D eigenvalue weighted by Gasteiger charge is 2.49. The van der Waals surface area contributed by atoms with Gasteiger partial charge in [-0.15, -0.1) is 0 Å². The van der Waals surface area contributed by atoms with Crippen molar-refractivity contribution in [1.29, 1.82) is 5.26 Å². The second-order valence-corrected chi connectivity index (χ2v) is 12.5. The van der Waals surface area contributed by atoms with Crippen molar-refractivity contribution in [2.24, 2.45) is 0 Å². The number of rotatable bonds is 7. The van der Waals surface area contributed by atoms with Gasteiger partial charge in [0.1, 0.15) is 23.8 Å². The van der Waals surface area contributed by atoms with Gasteiger partial charge < -0.3 is 5.32 Å². The molecule has 228 valence electrons. The molecule has 0 bridgehead atoms. The molecule has 1 N–H and O–H groups in total. The Hall–Kier alpha value is -4.43. The molecule has 2 fully saturated rings. The van der Waals surface area contributed by atoms with E-state index < -0.39 is 54.6 Å². The van der Waals surface area contributed by atoms with Crippen molar-refractivity contribution in [3.63, 3.8) is 0 Å². The van der Waals surface area contributed by atoms with Gasteiger partial charge in [-0.3, -0.25) is 24.2 Å². The molecule has 1 aliphatic carbocycles. The third kappa shape index (κ3) is 6.26. The van der Waals surface area contributed by atoms with Gasteiger partial charge in [-0.25, -0.2) is 18.7 Å². The average Bonchev–Trinajstić information content (AvgIpc) is 3.36. The van der Waals surface area contributed by atoms with E-state index in [4.69, 9.17) is 11.6 Å². The predicted molar refractivity (Wildman–Crippen MR) is 160 cm³/mol. The zero-order valence-corrected chi connectivity index (χ0v) is 25.2. The average molecular weight is 621 g/mol. The van der Waals surface area contributed by atoms with Gasteiger partial charge in [0.2, 0.25) is 17.8 Å². The summed E-state index contributed by atoms with van der Waals surface area (Å²) in [5, 5.41) is 12.3. The van der Waals surface area contributed by atoms with Crippen molar-refractivity contribution < 1.29 is 23.2 Å². The summed E-state index contributed by atoms with van der Waals surface area (Å²) in [6.07, 6.45) is 0.399. The highest BCUT2D eigenvalue weighted by atomic mass is 35.5. The molecule has 2 aromatic carbocycles. The lowest BCUT2D eigenvalue weighted by Gasteiger charge is -2.39. The molecule has 5 rings (SSSR count). The SMILES string of the molecule is CC(C)(C)c1cccc(N(C(=O)C2CCC(=O)N2c2nccc(C#N)n2)[C@H](C(=O)NC2CC(F)(F)C2)c2ccccc2Cl)c1. The normalized spacial score (nSPS) is 18.7. The first-order valence-electron chi connectivity index (χ1n) is 14.2. The Bertz CT molecular complexity index is 1650. The number of carbonyl (C=O) groups is 3. The summed E-state index contributed by atoms with van der Waals surface area (Å²) in [5.74, 6) is -4.71. The predicted octanol–water partition coefficient (Wildman–Crippen LogP) is 5.48. The maximum absolute atomic E-state index is 14.8. The molecular weight excluding hydrogens is 590 g/mol. The molecule has 1 saturated heterocycles. The Morgan fingerprint density at radius 3 is 2.55 bits per heavy atom. The number of alkyl halides is 2. The van der Waals surface area contributed by atoms with Crippen LogP contribution in [0.25, 0.3) is 0 Å². The zero-order chi connectivity index (χ0) is 31.8. The number of hydrogen-bond acceptors (Lipinski definition) is 6. The number of nitriles is 1. The Kier molecular flexibility index (Phi) is 8.40. The summed E-state index contributed by atoms with van der Waals surface area (Å²) in [4.78, 5) is 52.7. The van der Waals surface area contributed by atoms with Crippen LogP contribution < -0.4 is 15.1 Å². The fraction of sp³-hybridized carbons (Fsp3) is 0.375. The minimum Gasteiger partial charge on any atom is -0.351 e. The summed E-state index contributed by atoms with van der Waals surface area (Å²) < 4.78 is 27.5. The van der Waals surface area contributed by atoms with Gasteiger partial charge in [0.05, 0.1) is 0 Å². The van der Waals surface area contributed by atoms with E-state index in [9.17, 15) is 28.4 Å². The number of benzene rings is 2. The van der Waals surface area contributed by atoms with Gasteiger partial charge in [-0.1, -0.05) is 62.7 Å². The second-order valence-electron chi connectivity index (χ2n) is 12.1. The van der Waals surface area contributed by atoms with Gasteiger partial charge in [-0.05, 0) is 41.7 Å². The summed E-state index contributed by atoms with van der Waals surface area (Å²) in [7, 11) is 0. The molecule has 2 heterocycles. The van der Waals surface area contributed by atoms with Crippen molar-refractivity contribution >= 4 is 41.0 Å². The van der Waals surface area contributed by atoms with E-state index in [0.29, 0.717) is 5.69 Å². The van der Waals surface area contributed by atoms with Crippen LogP contribution in [0.3, 0.4) is 0 Å². The fourth-order valence-electron chi connectivity index (χ4n) is 5.52. The summed E-state index contributed by atoms with van der Waals surface area (Å²) in [6.45, 7) is 6.01. The molecule has 3 aromatic rings. The largest absolute Gasteiger partial charge is 0.351 e. The highest BCUT2D eigenvalue weighted by molar-refractivity contribution is 6.31. The van der Waals surface area contributed by atoms with Crippen molar-refractivity contribution in [3.8, 4) is 6.07 Å². The quantitative estimate of drug-likeness (QED) is 0.373. The molecule has 3 amide bonds. The van der Waals surface area contributed by atoms with E-state index in [0.717, 1.165) is 10.5 Å². The molecule has 2 atom stereocenters. The monoisotopic (exact) mass is 620 g/mol. The van der Waals surface area contributed by atoms with E-state index >= 15 is 0 Å². The third-order valence-electron chi connectivity index (χ3n) is 7.84. The number of amides is 3. The Labute approximate surface area is 258 Å². The number of halogens is 3. The number of anilines is 2. The summed E-state index contributed by atoms with van der Waals surface area (Å²) in [6, 6.07) is 13.7. The standard InChI is InChI=1S/C32H31ClF2N6O3/c1-31(2,3)19-7-6-8-22(15-19)40(29(44)25-11-12-26(42)41(25)30-37-14-13-20(18-36)39-30)27(23-9-4-5-10-24(23)33)28(43)38-21-16-32(34,35)17-21/h4-10,13-15,21,25,27H,11-12,16-17H2,1-3H3,(H,38,43)/t25?,27-/m0/s1. The minimum atomic E-state index is -2.88. The smallest absolute Gasteiger partial charge is 0.252 e. The molecule has 1 saturated carbocycles.